The fraction of sp³-hybridized carbons (Fsp3) is 0.529. The first-order valence-corrected chi connectivity index (χ1v) is 8.48. The number of anilines is 1. The van der Waals surface area contributed by atoms with Crippen molar-refractivity contribution in [3.05, 3.63) is 23.9 Å². The van der Waals surface area contributed by atoms with E-state index >= 15 is 0 Å². The molecule has 3 heterocycles. The quantitative estimate of drug-likeness (QED) is 0.855. The number of nitrogens with one attached hydrogen (secondary N) is 1. The molecule has 2 aliphatic rings. The van der Waals surface area contributed by atoms with Crippen LogP contribution >= 0.6 is 0 Å². The summed E-state index contributed by atoms with van der Waals surface area (Å²) in [6.07, 6.45) is 3.14. The van der Waals surface area contributed by atoms with Crippen LogP contribution < -0.4 is 10.2 Å². The van der Waals surface area contributed by atoms with Gasteiger partial charge in [-0.2, -0.15) is 5.26 Å². The monoisotopic (exact) mass is 342 g/mol. The summed E-state index contributed by atoms with van der Waals surface area (Å²) in [5, 5.41) is 11.6. The van der Waals surface area contributed by atoms with E-state index < -0.39 is 0 Å². The fourth-order valence-corrected chi connectivity index (χ4v) is 3.32. The van der Waals surface area contributed by atoms with Gasteiger partial charge in [0.2, 0.25) is 5.91 Å². The maximum atomic E-state index is 12.5. The lowest BCUT2D eigenvalue weighted by Crippen LogP contribution is -2.49. The van der Waals surface area contributed by atoms with Crippen LogP contribution in [-0.4, -0.2) is 72.5 Å². The molecule has 0 saturated carbocycles. The van der Waals surface area contributed by atoms with Gasteiger partial charge >= 0.3 is 6.03 Å². The summed E-state index contributed by atoms with van der Waals surface area (Å²) in [4.78, 5) is 34.0. The molecule has 0 aromatic carbocycles. The van der Waals surface area contributed by atoms with E-state index in [2.05, 4.69) is 10.3 Å². The van der Waals surface area contributed by atoms with Crippen molar-refractivity contribution < 1.29 is 9.59 Å². The zero-order chi connectivity index (χ0) is 17.8. The molecule has 0 unspecified atom stereocenters. The van der Waals surface area contributed by atoms with Crippen LogP contribution in [0.15, 0.2) is 18.3 Å². The Morgan fingerprint density at radius 3 is 2.72 bits per heavy atom. The van der Waals surface area contributed by atoms with E-state index in [4.69, 9.17) is 5.26 Å². The van der Waals surface area contributed by atoms with Crippen molar-refractivity contribution in [2.24, 2.45) is 0 Å². The lowest BCUT2D eigenvalue weighted by atomic mass is 10.0. The van der Waals surface area contributed by atoms with Gasteiger partial charge in [0.25, 0.3) is 0 Å². The molecule has 0 aliphatic carbocycles. The number of hydrogen-bond acceptors (Lipinski definition) is 5. The minimum Gasteiger partial charge on any atom is -0.350 e. The molecule has 0 atom stereocenters. The standard InChI is InChI=1S/C17H22N6O2/c1-21(15-3-2-13(10-18)11-20-15)12-16(24)22-7-4-14(5-8-22)23-9-6-19-17(23)25/h2-3,11,14H,4-9,12H2,1H3,(H,19,25). The number of aromatic nitrogens is 1. The van der Waals surface area contributed by atoms with Gasteiger partial charge in [0.05, 0.1) is 12.1 Å². The zero-order valence-corrected chi connectivity index (χ0v) is 14.3. The molecule has 0 bridgehead atoms. The van der Waals surface area contributed by atoms with Crippen LogP contribution in [0.25, 0.3) is 0 Å². The van der Waals surface area contributed by atoms with Crippen LogP contribution in [0, 0.1) is 11.3 Å². The molecule has 25 heavy (non-hydrogen) atoms. The Morgan fingerprint density at radius 1 is 1.40 bits per heavy atom. The number of nitriles is 1. The van der Waals surface area contributed by atoms with Gasteiger partial charge in [0.1, 0.15) is 11.9 Å². The van der Waals surface area contributed by atoms with E-state index in [1.165, 1.54) is 6.20 Å². The minimum absolute atomic E-state index is 0.0106. The molecule has 8 heteroatoms. The van der Waals surface area contributed by atoms with E-state index in [0.29, 0.717) is 31.0 Å². The summed E-state index contributed by atoms with van der Waals surface area (Å²) in [7, 11) is 1.81. The average Bonchev–Trinajstić information content (AvgIpc) is 3.07. The first-order valence-electron chi connectivity index (χ1n) is 8.48. The van der Waals surface area contributed by atoms with Crippen LogP contribution in [0.1, 0.15) is 18.4 Å². The third-order valence-corrected chi connectivity index (χ3v) is 4.79. The molecular formula is C17H22N6O2. The predicted octanol–water partition coefficient (Wildman–Crippen LogP) is 0.406. The number of likely N-dealkylation sites (tertiary alicyclic amines) is 1. The Bertz CT molecular complexity index is 675. The largest absolute Gasteiger partial charge is 0.350 e. The molecule has 1 aromatic heterocycles. The first kappa shape index (κ1) is 17.0. The number of rotatable bonds is 4. The number of carbonyl (C=O) groups is 2. The third kappa shape index (κ3) is 3.82. The SMILES string of the molecule is CN(CC(=O)N1CCC(N2CCNC2=O)CC1)c1ccc(C#N)cn1. The number of hydrogen-bond donors (Lipinski definition) is 1. The van der Waals surface area contributed by atoms with Crippen molar-refractivity contribution in [1.82, 2.24) is 20.1 Å². The highest BCUT2D eigenvalue weighted by Crippen LogP contribution is 2.19. The van der Waals surface area contributed by atoms with Crippen molar-refractivity contribution in [2.75, 3.05) is 44.7 Å². The van der Waals surface area contributed by atoms with Gasteiger partial charge in [0, 0.05) is 45.5 Å². The highest BCUT2D eigenvalue weighted by molar-refractivity contribution is 5.81. The zero-order valence-electron chi connectivity index (χ0n) is 14.3. The molecule has 0 spiro atoms. The van der Waals surface area contributed by atoms with E-state index in [1.54, 1.807) is 17.0 Å². The maximum Gasteiger partial charge on any atom is 0.317 e. The molecule has 8 nitrogen and oxygen atoms in total. The van der Waals surface area contributed by atoms with Crippen LogP contribution in [0.2, 0.25) is 0 Å². The minimum atomic E-state index is 0.0106. The van der Waals surface area contributed by atoms with Gasteiger partial charge in [-0.1, -0.05) is 0 Å². The number of nitrogens with zero attached hydrogens (tertiary/aromatic N) is 5. The molecule has 1 N–H and O–H groups in total. The normalized spacial score (nSPS) is 18.0. The Morgan fingerprint density at radius 2 is 2.16 bits per heavy atom. The van der Waals surface area contributed by atoms with Crippen LogP contribution in [-0.2, 0) is 4.79 Å². The molecular weight excluding hydrogens is 320 g/mol. The summed E-state index contributed by atoms with van der Waals surface area (Å²) in [6, 6.07) is 5.69. The lowest BCUT2D eigenvalue weighted by Gasteiger charge is -2.36. The highest BCUT2D eigenvalue weighted by Gasteiger charge is 2.32. The van der Waals surface area contributed by atoms with Gasteiger partial charge in [-0.15, -0.1) is 0 Å². The predicted molar refractivity (Wildman–Crippen MR) is 91.9 cm³/mol. The van der Waals surface area contributed by atoms with Crippen molar-refractivity contribution in [1.29, 1.82) is 5.26 Å². The molecule has 2 saturated heterocycles. The summed E-state index contributed by atoms with van der Waals surface area (Å²) < 4.78 is 0. The van der Waals surface area contributed by atoms with Gasteiger partial charge < -0.3 is 20.0 Å². The second-order valence-electron chi connectivity index (χ2n) is 6.41. The lowest BCUT2D eigenvalue weighted by molar-refractivity contribution is -0.131. The van der Waals surface area contributed by atoms with E-state index in [-0.39, 0.29) is 24.5 Å². The summed E-state index contributed by atoms with van der Waals surface area (Å²) in [5.41, 5.74) is 0.497. The van der Waals surface area contributed by atoms with Gasteiger partial charge in [-0.05, 0) is 25.0 Å². The Labute approximate surface area is 147 Å². The van der Waals surface area contributed by atoms with Gasteiger partial charge in [-0.25, -0.2) is 9.78 Å². The number of carbonyl (C=O) groups excluding carboxylic acids is 2. The molecule has 132 valence electrons. The van der Waals surface area contributed by atoms with E-state index in [9.17, 15) is 9.59 Å². The molecule has 2 fully saturated rings. The summed E-state index contributed by atoms with van der Waals surface area (Å²) in [6.45, 7) is 3.04. The highest BCUT2D eigenvalue weighted by atomic mass is 16.2. The van der Waals surface area contributed by atoms with E-state index in [0.717, 1.165) is 19.4 Å². The summed E-state index contributed by atoms with van der Waals surface area (Å²) >= 11 is 0. The second-order valence-corrected chi connectivity index (χ2v) is 6.41. The molecule has 3 rings (SSSR count). The summed E-state index contributed by atoms with van der Waals surface area (Å²) in [5.74, 6) is 0.717. The van der Waals surface area contributed by atoms with Crippen molar-refractivity contribution in [3.63, 3.8) is 0 Å². The van der Waals surface area contributed by atoms with Crippen LogP contribution in [0.3, 0.4) is 0 Å². The van der Waals surface area contributed by atoms with Gasteiger partial charge in [0.15, 0.2) is 0 Å². The number of urea groups is 1. The molecule has 0 radical (unpaired) electrons. The Hall–Kier alpha value is -2.82. The number of pyridine rings is 1. The number of amides is 3. The smallest absolute Gasteiger partial charge is 0.317 e. The Balaban J connectivity index is 1.50. The third-order valence-electron chi connectivity index (χ3n) is 4.79. The first-order chi connectivity index (χ1) is 12.1. The maximum absolute atomic E-state index is 12.5. The van der Waals surface area contributed by atoms with Gasteiger partial charge in [-0.3, -0.25) is 4.79 Å². The number of likely N-dealkylation sites (N-methyl/N-ethyl adjacent to an activating group) is 1. The van der Waals surface area contributed by atoms with Crippen molar-refractivity contribution in [2.45, 2.75) is 18.9 Å². The fourth-order valence-electron chi connectivity index (χ4n) is 3.32. The molecule has 1 aromatic rings. The Kier molecular flexibility index (Phi) is 5.03. The number of piperidine rings is 1. The van der Waals surface area contributed by atoms with Crippen molar-refractivity contribution >= 4 is 17.8 Å². The van der Waals surface area contributed by atoms with Crippen molar-refractivity contribution in [3.8, 4) is 6.07 Å². The topological polar surface area (TPSA) is 92.6 Å². The van der Waals surface area contributed by atoms with E-state index in [1.807, 2.05) is 22.9 Å². The van der Waals surface area contributed by atoms with Crippen LogP contribution in [0.4, 0.5) is 10.6 Å². The molecule has 3 amide bonds. The molecule has 2 aliphatic heterocycles. The average molecular weight is 342 g/mol. The second kappa shape index (κ2) is 7.38. The van der Waals surface area contributed by atoms with Crippen LogP contribution in [0.5, 0.6) is 0 Å².